The van der Waals surface area contributed by atoms with E-state index in [1.54, 1.807) is 0 Å². The van der Waals surface area contributed by atoms with Crippen molar-refractivity contribution in [3.63, 3.8) is 0 Å². The van der Waals surface area contributed by atoms with Crippen LogP contribution >= 0.6 is 22.6 Å². The number of hydrogen-bond acceptors (Lipinski definition) is 2. The molecule has 1 atom stereocenters. The van der Waals surface area contributed by atoms with E-state index in [0.29, 0.717) is 11.1 Å². The monoisotopic (exact) mass is 476 g/mol. The van der Waals surface area contributed by atoms with Gasteiger partial charge in [0.15, 0.2) is 0 Å². The maximum absolute atomic E-state index is 12.8. The number of rotatable bonds is 3. The lowest BCUT2D eigenvalue weighted by Gasteiger charge is -2.33. The van der Waals surface area contributed by atoms with Gasteiger partial charge in [-0.15, -0.1) is 0 Å². The molecular weight excluding hydrogens is 451 g/mol. The van der Waals surface area contributed by atoms with Gasteiger partial charge >= 0.3 is 0 Å². The molecule has 1 aliphatic rings. The van der Waals surface area contributed by atoms with E-state index in [9.17, 15) is 9.59 Å². The Labute approximate surface area is 174 Å². The predicted octanol–water partition coefficient (Wildman–Crippen LogP) is 5.17. The van der Waals surface area contributed by atoms with Crippen molar-refractivity contribution >= 4 is 40.1 Å². The molecule has 1 unspecified atom stereocenters. The third-order valence-corrected chi connectivity index (χ3v) is 6.65. The van der Waals surface area contributed by atoms with E-state index in [0.717, 1.165) is 39.8 Å². The fraction of sp³-hybridized carbons (Fsp3) is 0.364. The SMILES string of the molecule is Cc1cc(C(=O)N2CCCCC2C)ccc1NC(=O)c1cccc(C)c1I. The highest BCUT2D eigenvalue weighted by atomic mass is 127. The molecule has 3 rings (SSSR count). The Morgan fingerprint density at radius 1 is 1.11 bits per heavy atom. The molecule has 0 aromatic heterocycles. The highest BCUT2D eigenvalue weighted by Gasteiger charge is 2.24. The Morgan fingerprint density at radius 3 is 2.59 bits per heavy atom. The molecule has 1 aliphatic heterocycles. The average Bonchev–Trinajstić information content (AvgIpc) is 2.65. The molecule has 1 saturated heterocycles. The van der Waals surface area contributed by atoms with E-state index >= 15 is 0 Å². The van der Waals surface area contributed by atoms with Gasteiger partial charge < -0.3 is 10.2 Å². The molecule has 1 fully saturated rings. The number of halogens is 1. The summed E-state index contributed by atoms with van der Waals surface area (Å²) in [5, 5.41) is 2.98. The molecule has 2 amide bonds. The van der Waals surface area contributed by atoms with Gasteiger partial charge in [0, 0.05) is 27.4 Å². The van der Waals surface area contributed by atoms with Gasteiger partial charge in [-0.25, -0.2) is 0 Å². The average molecular weight is 476 g/mol. The fourth-order valence-electron chi connectivity index (χ4n) is 3.52. The molecule has 2 aromatic rings. The third kappa shape index (κ3) is 4.34. The van der Waals surface area contributed by atoms with Gasteiger partial charge in [0.05, 0.1) is 5.56 Å². The van der Waals surface area contributed by atoms with Gasteiger partial charge in [-0.1, -0.05) is 12.1 Å². The van der Waals surface area contributed by atoms with Crippen LogP contribution in [0, 0.1) is 17.4 Å². The second kappa shape index (κ2) is 8.42. The molecule has 27 heavy (non-hydrogen) atoms. The number of carbonyl (C=O) groups excluding carboxylic acids is 2. The molecule has 0 aliphatic carbocycles. The number of likely N-dealkylation sites (tertiary alicyclic amines) is 1. The van der Waals surface area contributed by atoms with Crippen LogP contribution in [0.15, 0.2) is 36.4 Å². The Kier molecular flexibility index (Phi) is 6.19. The number of aryl methyl sites for hydroxylation is 2. The Balaban J connectivity index is 1.77. The number of piperidine rings is 1. The van der Waals surface area contributed by atoms with Crippen molar-refractivity contribution in [2.75, 3.05) is 11.9 Å². The van der Waals surface area contributed by atoms with Crippen molar-refractivity contribution in [2.45, 2.75) is 46.1 Å². The minimum Gasteiger partial charge on any atom is -0.336 e. The molecule has 0 radical (unpaired) electrons. The van der Waals surface area contributed by atoms with Crippen molar-refractivity contribution in [1.82, 2.24) is 4.90 Å². The smallest absolute Gasteiger partial charge is 0.256 e. The van der Waals surface area contributed by atoms with E-state index in [-0.39, 0.29) is 17.9 Å². The lowest BCUT2D eigenvalue weighted by atomic mass is 10.0. The first-order chi connectivity index (χ1) is 12.9. The summed E-state index contributed by atoms with van der Waals surface area (Å²) in [7, 11) is 0. The largest absolute Gasteiger partial charge is 0.336 e. The normalized spacial score (nSPS) is 16.9. The second-order valence-electron chi connectivity index (χ2n) is 7.26. The van der Waals surface area contributed by atoms with Crippen molar-refractivity contribution in [2.24, 2.45) is 0 Å². The summed E-state index contributed by atoms with van der Waals surface area (Å²) in [5.41, 5.74) is 4.06. The maximum Gasteiger partial charge on any atom is 0.256 e. The summed E-state index contributed by atoms with van der Waals surface area (Å²) < 4.78 is 0.955. The van der Waals surface area contributed by atoms with Crippen LogP contribution < -0.4 is 5.32 Å². The predicted molar refractivity (Wildman–Crippen MR) is 117 cm³/mol. The summed E-state index contributed by atoms with van der Waals surface area (Å²) in [6.45, 7) is 6.85. The first kappa shape index (κ1) is 19.9. The van der Waals surface area contributed by atoms with Gasteiger partial charge in [0.25, 0.3) is 11.8 Å². The van der Waals surface area contributed by atoms with E-state index in [2.05, 4.69) is 34.8 Å². The Morgan fingerprint density at radius 2 is 1.89 bits per heavy atom. The summed E-state index contributed by atoms with van der Waals surface area (Å²) >= 11 is 2.20. The summed E-state index contributed by atoms with van der Waals surface area (Å²) in [4.78, 5) is 27.5. The lowest BCUT2D eigenvalue weighted by Crippen LogP contribution is -2.42. The minimum absolute atomic E-state index is 0.0800. The van der Waals surface area contributed by atoms with Crippen LogP contribution in [-0.2, 0) is 0 Å². The van der Waals surface area contributed by atoms with E-state index < -0.39 is 0 Å². The minimum atomic E-state index is -0.130. The van der Waals surface area contributed by atoms with Crippen LogP contribution in [0.2, 0.25) is 0 Å². The zero-order valence-electron chi connectivity index (χ0n) is 16.0. The highest BCUT2D eigenvalue weighted by molar-refractivity contribution is 14.1. The van der Waals surface area contributed by atoms with Crippen LogP contribution in [0.5, 0.6) is 0 Å². The van der Waals surface area contributed by atoms with E-state index in [1.165, 1.54) is 6.42 Å². The molecule has 1 N–H and O–H groups in total. The van der Waals surface area contributed by atoms with Gasteiger partial charge in [0.2, 0.25) is 0 Å². The zero-order valence-corrected chi connectivity index (χ0v) is 18.2. The highest BCUT2D eigenvalue weighted by Crippen LogP contribution is 2.24. The summed E-state index contributed by atoms with van der Waals surface area (Å²) in [6, 6.07) is 11.5. The number of nitrogens with zero attached hydrogens (tertiary/aromatic N) is 1. The molecule has 0 spiro atoms. The quantitative estimate of drug-likeness (QED) is 0.622. The van der Waals surface area contributed by atoms with Gasteiger partial charge in [-0.05, 0) is 98.0 Å². The Hall–Kier alpha value is -1.89. The molecule has 0 bridgehead atoms. The molecule has 1 heterocycles. The molecule has 5 heteroatoms. The van der Waals surface area contributed by atoms with Crippen molar-refractivity contribution in [1.29, 1.82) is 0 Å². The van der Waals surface area contributed by atoms with Crippen LogP contribution in [0.3, 0.4) is 0 Å². The number of benzene rings is 2. The van der Waals surface area contributed by atoms with Crippen molar-refractivity contribution in [3.05, 3.63) is 62.2 Å². The van der Waals surface area contributed by atoms with E-state index in [1.807, 2.05) is 55.1 Å². The first-order valence-electron chi connectivity index (χ1n) is 9.36. The standard InChI is InChI=1S/C22H25IN2O2/c1-14-7-6-9-18(20(14)23)21(26)24-19-11-10-17(13-15(19)2)22(27)25-12-5-4-8-16(25)3/h6-7,9-11,13,16H,4-5,8,12H2,1-3H3,(H,24,26). The van der Waals surface area contributed by atoms with Crippen LogP contribution in [0.25, 0.3) is 0 Å². The number of anilines is 1. The van der Waals surface area contributed by atoms with Crippen molar-refractivity contribution in [3.8, 4) is 0 Å². The molecule has 4 nitrogen and oxygen atoms in total. The number of nitrogens with one attached hydrogen (secondary N) is 1. The molecule has 0 saturated carbocycles. The van der Waals surface area contributed by atoms with E-state index in [4.69, 9.17) is 0 Å². The summed E-state index contributed by atoms with van der Waals surface area (Å²) in [5.74, 6) is -0.0497. The van der Waals surface area contributed by atoms with Crippen molar-refractivity contribution < 1.29 is 9.59 Å². The first-order valence-corrected chi connectivity index (χ1v) is 10.4. The van der Waals surface area contributed by atoms with Crippen LogP contribution in [0.4, 0.5) is 5.69 Å². The van der Waals surface area contributed by atoms with Gasteiger partial charge in [0.1, 0.15) is 0 Å². The Bertz CT molecular complexity index is 879. The van der Waals surface area contributed by atoms with Gasteiger partial charge in [-0.3, -0.25) is 9.59 Å². The van der Waals surface area contributed by atoms with Crippen LogP contribution in [-0.4, -0.2) is 29.3 Å². The third-order valence-electron chi connectivity index (χ3n) is 5.22. The van der Waals surface area contributed by atoms with Crippen LogP contribution in [0.1, 0.15) is 58.0 Å². The topological polar surface area (TPSA) is 49.4 Å². The second-order valence-corrected chi connectivity index (χ2v) is 8.34. The van der Waals surface area contributed by atoms with Gasteiger partial charge in [-0.2, -0.15) is 0 Å². The molecule has 2 aromatic carbocycles. The maximum atomic E-state index is 12.8. The molecule has 142 valence electrons. The number of hydrogen-bond donors (Lipinski definition) is 1. The lowest BCUT2D eigenvalue weighted by molar-refractivity contribution is 0.0635. The fourth-order valence-corrected chi connectivity index (χ4v) is 4.12. The molecular formula is C22H25IN2O2. The number of carbonyl (C=O) groups is 2. The summed E-state index contributed by atoms with van der Waals surface area (Å²) in [6.07, 6.45) is 3.32. The number of amides is 2. The zero-order chi connectivity index (χ0) is 19.6.